The molecule has 7 heteroatoms. The van der Waals surface area contributed by atoms with Crippen molar-refractivity contribution < 1.29 is 24.2 Å². The molecule has 0 aromatic heterocycles. The van der Waals surface area contributed by atoms with Gasteiger partial charge in [-0.3, -0.25) is 10.0 Å². The number of carbonyl (C=O) groups excluding carboxylic acids is 1. The van der Waals surface area contributed by atoms with Crippen LogP contribution in [0.15, 0.2) is 54.6 Å². The summed E-state index contributed by atoms with van der Waals surface area (Å²) in [6.07, 6.45) is 0.511. The topological polar surface area (TPSA) is 68.2 Å². The Bertz CT molecular complexity index is 741. The summed E-state index contributed by atoms with van der Waals surface area (Å²) in [5, 5.41) is 11.9. The molecule has 1 amide bonds. The van der Waals surface area contributed by atoms with Gasteiger partial charge in [-0.25, -0.2) is 5.06 Å². The van der Waals surface area contributed by atoms with Gasteiger partial charge in [-0.1, -0.05) is 48.9 Å². The average molecular weight is 436 g/mol. The fourth-order valence-corrected chi connectivity index (χ4v) is 3.07. The molecule has 2 aromatic carbocycles. The normalized spacial score (nSPS) is 13.1. The number of carbonyl (C=O) groups is 1. The summed E-state index contributed by atoms with van der Waals surface area (Å²) in [4.78, 5) is 12.7. The standard InChI is InChI=1S/C23H30ClNO5/c1-3-28-17-30-16-22(25(27)23(26)20-9-11-21(24)12-10-20)13-18(2)14-29-15-19-7-5-4-6-8-19/h4-12,18,22,27H,3,13-17H2,1-2H3/t18-,22+/m1/s1. The summed E-state index contributed by atoms with van der Waals surface area (Å²) in [5.41, 5.74) is 1.45. The third kappa shape index (κ3) is 8.42. The van der Waals surface area contributed by atoms with E-state index in [1.807, 2.05) is 44.2 Å². The lowest BCUT2D eigenvalue weighted by atomic mass is 10.0. The first kappa shape index (κ1) is 24.3. The maximum atomic E-state index is 12.7. The number of rotatable bonds is 13. The van der Waals surface area contributed by atoms with E-state index in [1.165, 1.54) is 0 Å². The van der Waals surface area contributed by atoms with Crippen LogP contribution < -0.4 is 0 Å². The molecule has 30 heavy (non-hydrogen) atoms. The third-order valence-electron chi connectivity index (χ3n) is 4.51. The van der Waals surface area contributed by atoms with E-state index in [1.54, 1.807) is 24.3 Å². The van der Waals surface area contributed by atoms with Gasteiger partial charge in [-0.2, -0.15) is 0 Å². The highest BCUT2D eigenvalue weighted by atomic mass is 35.5. The number of nitrogens with zero attached hydrogens (tertiary/aromatic N) is 1. The summed E-state index contributed by atoms with van der Waals surface area (Å²) in [7, 11) is 0. The number of hydrogen-bond donors (Lipinski definition) is 1. The second kappa shape index (κ2) is 13.4. The molecule has 0 saturated heterocycles. The van der Waals surface area contributed by atoms with Crippen LogP contribution in [0, 0.1) is 5.92 Å². The van der Waals surface area contributed by atoms with Crippen LogP contribution in [0.2, 0.25) is 5.02 Å². The van der Waals surface area contributed by atoms with Crippen LogP contribution in [0.25, 0.3) is 0 Å². The smallest absolute Gasteiger partial charge is 0.277 e. The number of amides is 1. The Hall–Kier alpha value is -1.96. The predicted molar refractivity (Wildman–Crippen MR) is 116 cm³/mol. The van der Waals surface area contributed by atoms with Gasteiger partial charge in [-0.15, -0.1) is 0 Å². The molecule has 0 aliphatic heterocycles. The minimum Gasteiger partial charge on any atom is -0.376 e. The minimum absolute atomic E-state index is 0.0991. The Kier molecular flexibility index (Phi) is 10.8. The summed E-state index contributed by atoms with van der Waals surface area (Å²) in [5.74, 6) is -0.406. The maximum absolute atomic E-state index is 12.7. The van der Waals surface area contributed by atoms with E-state index in [4.69, 9.17) is 25.8 Å². The molecule has 2 atom stereocenters. The Morgan fingerprint density at radius 1 is 1.03 bits per heavy atom. The van der Waals surface area contributed by atoms with Crippen LogP contribution in [0.5, 0.6) is 0 Å². The van der Waals surface area contributed by atoms with Crippen molar-refractivity contribution in [3.8, 4) is 0 Å². The van der Waals surface area contributed by atoms with Crippen molar-refractivity contribution in [1.82, 2.24) is 5.06 Å². The Labute approximate surface area is 183 Å². The van der Waals surface area contributed by atoms with Crippen molar-refractivity contribution in [1.29, 1.82) is 0 Å². The molecule has 0 aliphatic rings. The zero-order chi connectivity index (χ0) is 21.8. The first-order valence-electron chi connectivity index (χ1n) is 10.1. The van der Waals surface area contributed by atoms with Gasteiger partial charge in [0.15, 0.2) is 0 Å². The fourth-order valence-electron chi connectivity index (χ4n) is 2.94. The van der Waals surface area contributed by atoms with Gasteiger partial charge in [-0.05, 0) is 49.1 Å². The van der Waals surface area contributed by atoms with E-state index in [0.717, 1.165) is 10.6 Å². The second-order valence-corrected chi connectivity index (χ2v) is 7.57. The van der Waals surface area contributed by atoms with Gasteiger partial charge in [0.2, 0.25) is 0 Å². The maximum Gasteiger partial charge on any atom is 0.277 e. The van der Waals surface area contributed by atoms with Crippen molar-refractivity contribution in [3.05, 3.63) is 70.7 Å². The molecule has 164 valence electrons. The van der Waals surface area contributed by atoms with Gasteiger partial charge >= 0.3 is 0 Å². The molecule has 2 rings (SSSR count). The van der Waals surface area contributed by atoms with E-state index in [9.17, 15) is 10.0 Å². The van der Waals surface area contributed by atoms with Crippen molar-refractivity contribution in [2.45, 2.75) is 32.9 Å². The fraction of sp³-hybridized carbons (Fsp3) is 0.435. The monoisotopic (exact) mass is 435 g/mol. The SMILES string of the molecule is CCOCOC[C@H](C[C@@H](C)COCc1ccccc1)N(O)C(=O)c1ccc(Cl)cc1. The quantitative estimate of drug-likeness (QED) is 0.212. The third-order valence-corrected chi connectivity index (χ3v) is 4.77. The number of hydrogen-bond acceptors (Lipinski definition) is 5. The molecule has 2 aromatic rings. The molecule has 6 nitrogen and oxygen atoms in total. The van der Waals surface area contributed by atoms with Gasteiger partial charge in [0.25, 0.3) is 5.91 Å². The largest absolute Gasteiger partial charge is 0.376 e. The highest BCUT2D eigenvalue weighted by Gasteiger charge is 2.26. The summed E-state index contributed by atoms with van der Waals surface area (Å²) >= 11 is 5.88. The van der Waals surface area contributed by atoms with Crippen LogP contribution in [0.3, 0.4) is 0 Å². The summed E-state index contributed by atoms with van der Waals surface area (Å²) in [6.45, 7) is 5.69. The zero-order valence-electron chi connectivity index (χ0n) is 17.5. The van der Waals surface area contributed by atoms with Gasteiger partial charge in [0.1, 0.15) is 6.79 Å². The van der Waals surface area contributed by atoms with Crippen LogP contribution in [-0.4, -0.2) is 48.8 Å². The lowest BCUT2D eigenvalue weighted by Gasteiger charge is -2.28. The average Bonchev–Trinajstić information content (AvgIpc) is 2.76. The van der Waals surface area contributed by atoms with Crippen molar-refractivity contribution in [3.63, 3.8) is 0 Å². The van der Waals surface area contributed by atoms with E-state index in [2.05, 4.69) is 0 Å². The van der Waals surface area contributed by atoms with Gasteiger partial charge < -0.3 is 14.2 Å². The Balaban J connectivity index is 1.92. The Morgan fingerprint density at radius 2 is 1.73 bits per heavy atom. The lowest BCUT2D eigenvalue weighted by Crippen LogP contribution is -2.42. The number of hydroxylamine groups is 2. The lowest BCUT2D eigenvalue weighted by molar-refractivity contribution is -0.132. The van der Waals surface area contributed by atoms with E-state index >= 15 is 0 Å². The molecule has 0 saturated carbocycles. The highest BCUT2D eigenvalue weighted by molar-refractivity contribution is 6.30. The molecule has 0 unspecified atom stereocenters. The van der Waals surface area contributed by atoms with Crippen LogP contribution in [-0.2, 0) is 20.8 Å². The van der Waals surface area contributed by atoms with Crippen LogP contribution in [0.4, 0.5) is 0 Å². The molecular weight excluding hydrogens is 406 g/mol. The van der Waals surface area contributed by atoms with Crippen molar-refractivity contribution in [2.24, 2.45) is 5.92 Å². The number of halogens is 1. The van der Waals surface area contributed by atoms with Crippen molar-refractivity contribution in [2.75, 3.05) is 26.6 Å². The summed E-state index contributed by atoms with van der Waals surface area (Å²) in [6, 6.07) is 15.8. The van der Waals surface area contributed by atoms with E-state index in [-0.39, 0.29) is 19.3 Å². The summed E-state index contributed by atoms with van der Waals surface area (Å²) < 4.78 is 16.5. The molecule has 0 heterocycles. The second-order valence-electron chi connectivity index (χ2n) is 7.13. The van der Waals surface area contributed by atoms with E-state index < -0.39 is 11.9 Å². The highest BCUT2D eigenvalue weighted by Crippen LogP contribution is 2.17. The van der Waals surface area contributed by atoms with Gasteiger partial charge in [0.05, 0.1) is 19.3 Å². The molecule has 0 fully saturated rings. The van der Waals surface area contributed by atoms with Crippen molar-refractivity contribution >= 4 is 17.5 Å². The first-order chi connectivity index (χ1) is 14.5. The van der Waals surface area contributed by atoms with Gasteiger partial charge in [0, 0.05) is 23.8 Å². The van der Waals surface area contributed by atoms with Crippen LogP contribution >= 0.6 is 11.6 Å². The van der Waals surface area contributed by atoms with E-state index in [0.29, 0.717) is 36.8 Å². The number of benzene rings is 2. The van der Waals surface area contributed by atoms with Crippen LogP contribution in [0.1, 0.15) is 36.2 Å². The minimum atomic E-state index is -0.538. The molecule has 0 radical (unpaired) electrons. The zero-order valence-corrected chi connectivity index (χ0v) is 18.3. The molecule has 0 aliphatic carbocycles. The molecule has 0 bridgehead atoms. The molecule has 1 N–H and O–H groups in total. The first-order valence-corrected chi connectivity index (χ1v) is 10.4. The Morgan fingerprint density at radius 3 is 2.40 bits per heavy atom. The predicted octanol–water partition coefficient (Wildman–Crippen LogP) is 4.79. The molecule has 0 spiro atoms. The number of ether oxygens (including phenoxy) is 3. The molecular formula is C23H30ClNO5.